The number of hydrogen-bond donors (Lipinski definition) is 2. The molecule has 1 amide bonds. The van der Waals surface area contributed by atoms with E-state index in [9.17, 15) is 4.79 Å². The van der Waals surface area contributed by atoms with E-state index in [1.807, 2.05) is 6.92 Å². The van der Waals surface area contributed by atoms with Crippen LogP contribution in [0.5, 0.6) is 0 Å². The fourth-order valence-corrected chi connectivity index (χ4v) is 1.15. The van der Waals surface area contributed by atoms with E-state index in [1.165, 1.54) is 6.42 Å². The predicted octanol–water partition coefficient (Wildman–Crippen LogP) is 2.22. The van der Waals surface area contributed by atoms with Crippen molar-refractivity contribution in [3.8, 4) is 0 Å². The molecule has 0 aromatic rings. The van der Waals surface area contributed by atoms with Crippen LogP contribution in [-0.4, -0.2) is 25.0 Å². The fraction of sp³-hybridized carbons (Fsp3) is 0.889. The van der Waals surface area contributed by atoms with Crippen molar-refractivity contribution < 1.29 is 9.53 Å². The van der Waals surface area contributed by atoms with E-state index in [0.29, 0.717) is 13.2 Å². The third-order valence-corrected chi connectivity index (χ3v) is 1.92. The van der Waals surface area contributed by atoms with Gasteiger partial charge in [0.05, 0.1) is 6.61 Å². The van der Waals surface area contributed by atoms with E-state index in [2.05, 4.69) is 17.9 Å². The highest BCUT2D eigenvalue weighted by Crippen LogP contribution is 2.00. The Morgan fingerprint density at radius 1 is 1.31 bits per heavy atom. The number of unbranched alkanes of at least 4 members (excludes halogenated alkanes) is 3. The molecular formula is C9H19NO2S. The number of ether oxygens (including phenoxy) is 1. The molecule has 0 bridgehead atoms. The summed E-state index contributed by atoms with van der Waals surface area (Å²) < 4.78 is 4.89. The van der Waals surface area contributed by atoms with Crippen molar-refractivity contribution in [3.63, 3.8) is 0 Å². The van der Waals surface area contributed by atoms with Gasteiger partial charge in [0.1, 0.15) is 0 Å². The smallest absolute Gasteiger partial charge is 0.407 e. The second kappa shape index (κ2) is 9.71. The summed E-state index contributed by atoms with van der Waals surface area (Å²) in [6.07, 6.45) is 4.06. The number of hydrogen-bond acceptors (Lipinski definition) is 3. The number of thiol groups is 1. The van der Waals surface area contributed by atoms with Crippen LogP contribution in [-0.2, 0) is 4.74 Å². The Kier molecular flexibility index (Phi) is 9.42. The number of nitrogens with one attached hydrogen (secondary N) is 1. The summed E-state index contributed by atoms with van der Waals surface area (Å²) in [6.45, 7) is 3.02. The van der Waals surface area contributed by atoms with Crippen molar-refractivity contribution >= 4 is 18.7 Å². The van der Waals surface area contributed by atoms with Gasteiger partial charge in [-0.3, -0.25) is 0 Å². The van der Waals surface area contributed by atoms with Crippen molar-refractivity contribution in [1.82, 2.24) is 5.32 Å². The summed E-state index contributed by atoms with van der Waals surface area (Å²) in [6, 6.07) is 0. The van der Waals surface area contributed by atoms with Crippen LogP contribution < -0.4 is 5.32 Å². The number of rotatable bonds is 7. The van der Waals surface area contributed by atoms with Crippen LogP contribution in [0.15, 0.2) is 0 Å². The fourth-order valence-electron chi connectivity index (χ4n) is 0.928. The third kappa shape index (κ3) is 9.53. The SMILES string of the molecule is CCNC(=O)OCCCCCCS. The van der Waals surface area contributed by atoms with E-state index in [1.54, 1.807) is 0 Å². The van der Waals surface area contributed by atoms with Crippen LogP contribution in [0.1, 0.15) is 32.6 Å². The van der Waals surface area contributed by atoms with Crippen molar-refractivity contribution in [2.75, 3.05) is 18.9 Å². The van der Waals surface area contributed by atoms with Crippen LogP contribution >= 0.6 is 12.6 Å². The zero-order chi connectivity index (χ0) is 9.94. The molecule has 0 unspecified atom stereocenters. The van der Waals surface area contributed by atoms with Gasteiger partial charge in [0, 0.05) is 6.54 Å². The highest BCUT2D eigenvalue weighted by Gasteiger charge is 1.97. The quantitative estimate of drug-likeness (QED) is 0.494. The van der Waals surface area contributed by atoms with E-state index < -0.39 is 0 Å². The zero-order valence-electron chi connectivity index (χ0n) is 8.21. The average molecular weight is 205 g/mol. The predicted molar refractivity (Wildman–Crippen MR) is 57.3 cm³/mol. The molecule has 0 radical (unpaired) electrons. The molecule has 78 valence electrons. The Morgan fingerprint density at radius 3 is 2.62 bits per heavy atom. The molecule has 4 heteroatoms. The summed E-state index contributed by atoms with van der Waals surface area (Å²) in [5, 5.41) is 2.57. The van der Waals surface area contributed by atoms with Crippen LogP contribution in [0.4, 0.5) is 4.79 Å². The largest absolute Gasteiger partial charge is 0.450 e. The molecule has 3 nitrogen and oxygen atoms in total. The summed E-state index contributed by atoms with van der Waals surface area (Å²) in [5.41, 5.74) is 0. The van der Waals surface area contributed by atoms with Crippen LogP contribution in [0, 0.1) is 0 Å². The van der Waals surface area contributed by atoms with E-state index in [0.717, 1.165) is 25.0 Å². The lowest BCUT2D eigenvalue weighted by Gasteiger charge is -2.04. The summed E-state index contributed by atoms with van der Waals surface area (Å²) in [5.74, 6) is 0.942. The van der Waals surface area contributed by atoms with E-state index >= 15 is 0 Å². The lowest BCUT2D eigenvalue weighted by Crippen LogP contribution is -2.23. The van der Waals surface area contributed by atoms with Gasteiger partial charge < -0.3 is 10.1 Å². The second-order valence-corrected chi connectivity index (χ2v) is 3.25. The maximum Gasteiger partial charge on any atom is 0.407 e. The number of carbonyl (C=O) groups is 1. The molecule has 0 atom stereocenters. The molecule has 0 saturated carbocycles. The maximum absolute atomic E-state index is 10.8. The average Bonchev–Trinajstić information content (AvgIpc) is 2.11. The number of alkyl carbamates (subject to hydrolysis) is 1. The zero-order valence-corrected chi connectivity index (χ0v) is 9.11. The molecule has 13 heavy (non-hydrogen) atoms. The summed E-state index contributed by atoms with van der Waals surface area (Å²) in [4.78, 5) is 10.8. The highest BCUT2D eigenvalue weighted by atomic mass is 32.1. The first-order valence-electron chi connectivity index (χ1n) is 4.82. The van der Waals surface area contributed by atoms with Crippen molar-refractivity contribution in [2.45, 2.75) is 32.6 Å². The molecule has 0 aliphatic rings. The molecule has 0 saturated heterocycles. The van der Waals surface area contributed by atoms with Crippen molar-refractivity contribution in [3.05, 3.63) is 0 Å². The Balaban J connectivity index is 3.02. The first-order chi connectivity index (χ1) is 6.31. The van der Waals surface area contributed by atoms with Gasteiger partial charge in [-0.15, -0.1) is 0 Å². The first-order valence-corrected chi connectivity index (χ1v) is 5.46. The van der Waals surface area contributed by atoms with Gasteiger partial charge in [-0.1, -0.05) is 12.8 Å². The lowest BCUT2D eigenvalue weighted by atomic mass is 10.2. The van der Waals surface area contributed by atoms with Gasteiger partial charge in [0.25, 0.3) is 0 Å². The minimum Gasteiger partial charge on any atom is -0.450 e. The Hall–Kier alpha value is -0.380. The summed E-state index contributed by atoms with van der Waals surface area (Å²) in [7, 11) is 0. The molecule has 0 spiro atoms. The maximum atomic E-state index is 10.8. The van der Waals surface area contributed by atoms with E-state index in [-0.39, 0.29) is 6.09 Å². The topological polar surface area (TPSA) is 38.3 Å². The molecule has 0 aromatic carbocycles. The van der Waals surface area contributed by atoms with Gasteiger partial charge in [-0.2, -0.15) is 12.6 Å². The minimum atomic E-state index is -0.309. The Labute approximate surface area is 85.6 Å². The third-order valence-electron chi connectivity index (χ3n) is 1.61. The molecule has 0 aliphatic heterocycles. The summed E-state index contributed by atoms with van der Waals surface area (Å²) >= 11 is 4.11. The van der Waals surface area contributed by atoms with Gasteiger partial charge in [0.2, 0.25) is 0 Å². The van der Waals surface area contributed by atoms with Gasteiger partial charge >= 0.3 is 6.09 Å². The first kappa shape index (κ1) is 12.6. The van der Waals surface area contributed by atoms with Gasteiger partial charge in [0.15, 0.2) is 0 Å². The number of amides is 1. The van der Waals surface area contributed by atoms with Gasteiger partial charge in [-0.05, 0) is 25.5 Å². The molecule has 0 fully saturated rings. The molecule has 1 N–H and O–H groups in total. The normalized spacial score (nSPS) is 9.69. The molecule has 0 heterocycles. The van der Waals surface area contributed by atoms with Crippen molar-refractivity contribution in [2.24, 2.45) is 0 Å². The minimum absolute atomic E-state index is 0.309. The van der Waals surface area contributed by atoms with Gasteiger partial charge in [-0.25, -0.2) is 4.79 Å². The van der Waals surface area contributed by atoms with Crippen LogP contribution in [0.25, 0.3) is 0 Å². The van der Waals surface area contributed by atoms with Crippen LogP contribution in [0.2, 0.25) is 0 Å². The lowest BCUT2D eigenvalue weighted by molar-refractivity contribution is 0.144. The van der Waals surface area contributed by atoms with Crippen LogP contribution in [0.3, 0.4) is 0 Å². The monoisotopic (exact) mass is 205 g/mol. The molecule has 0 rings (SSSR count). The standard InChI is InChI=1S/C9H19NO2S/c1-2-10-9(11)12-7-5-3-4-6-8-13/h13H,2-8H2,1H3,(H,10,11). The molecule has 0 aromatic heterocycles. The Morgan fingerprint density at radius 2 is 2.00 bits per heavy atom. The molecule has 0 aliphatic carbocycles. The van der Waals surface area contributed by atoms with Crippen molar-refractivity contribution in [1.29, 1.82) is 0 Å². The second-order valence-electron chi connectivity index (χ2n) is 2.80. The Bertz CT molecular complexity index is 131. The number of carbonyl (C=O) groups excluding carboxylic acids is 1. The van der Waals surface area contributed by atoms with E-state index in [4.69, 9.17) is 4.74 Å². The highest BCUT2D eigenvalue weighted by molar-refractivity contribution is 7.80. The molecular weight excluding hydrogens is 186 g/mol.